The van der Waals surface area contributed by atoms with E-state index < -0.39 is 0 Å². The zero-order valence-corrected chi connectivity index (χ0v) is 13.6. The van der Waals surface area contributed by atoms with Crippen LogP contribution in [0.15, 0.2) is 97.1 Å². The molecule has 0 aliphatic carbocycles. The summed E-state index contributed by atoms with van der Waals surface area (Å²) in [7, 11) is 0. The molecule has 4 rings (SSSR count). The van der Waals surface area contributed by atoms with E-state index in [0.717, 1.165) is 33.6 Å². The Morgan fingerprint density at radius 2 is 1.12 bits per heavy atom. The van der Waals surface area contributed by atoms with Crippen LogP contribution in [0.4, 0.5) is 0 Å². The van der Waals surface area contributed by atoms with Crippen molar-refractivity contribution in [2.45, 2.75) is 0 Å². The van der Waals surface area contributed by atoms with Gasteiger partial charge in [0, 0.05) is 16.7 Å². The van der Waals surface area contributed by atoms with Crippen molar-refractivity contribution in [2.75, 3.05) is 0 Å². The normalized spacial score (nSPS) is 10.6. The van der Waals surface area contributed by atoms with Gasteiger partial charge in [-0.2, -0.15) is 0 Å². The highest BCUT2D eigenvalue weighted by atomic mass is 16.3. The summed E-state index contributed by atoms with van der Waals surface area (Å²) >= 11 is 0. The molecule has 0 spiro atoms. The van der Waals surface area contributed by atoms with Crippen LogP contribution in [0.1, 0.15) is 0 Å². The summed E-state index contributed by atoms with van der Waals surface area (Å²) < 4.78 is 0. The van der Waals surface area contributed by atoms with Gasteiger partial charge in [0.2, 0.25) is 0 Å². The van der Waals surface area contributed by atoms with Crippen LogP contribution in [-0.4, -0.2) is 10.1 Å². The molecular formula is C23H17NO. The molecular weight excluding hydrogens is 306 g/mol. The summed E-state index contributed by atoms with van der Waals surface area (Å²) in [5.41, 5.74) is 5.79. The number of aromatic hydroxyl groups is 1. The Bertz CT molecular complexity index is 1010. The number of para-hydroxylation sites is 1. The number of phenolic OH excluding ortho intramolecular Hbond substituents is 1. The van der Waals surface area contributed by atoms with Gasteiger partial charge in [-0.05, 0) is 29.8 Å². The Balaban J connectivity index is 1.76. The van der Waals surface area contributed by atoms with Gasteiger partial charge in [-0.15, -0.1) is 0 Å². The summed E-state index contributed by atoms with van der Waals surface area (Å²) in [5.74, 6) is 0.283. The van der Waals surface area contributed by atoms with E-state index in [9.17, 15) is 5.11 Å². The van der Waals surface area contributed by atoms with Crippen molar-refractivity contribution in [2.24, 2.45) is 0 Å². The van der Waals surface area contributed by atoms with Gasteiger partial charge >= 0.3 is 0 Å². The number of phenols is 1. The third kappa shape index (κ3) is 3.15. The Morgan fingerprint density at radius 1 is 0.520 bits per heavy atom. The Morgan fingerprint density at radius 3 is 1.92 bits per heavy atom. The lowest BCUT2D eigenvalue weighted by molar-refractivity contribution is 0.477. The van der Waals surface area contributed by atoms with Gasteiger partial charge in [-0.1, -0.05) is 72.8 Å². The summed E-state index contributed by atoms with van der Waals surface area (Å²) in [6.07, 6.45) is 0. The third-order valence-electron chi connectivity index (χ3n) is 4.19. The predicted octanol–water partition coefficient (Wildman–Crippen LogP) is 5.79. The third-order valence-corrected chi connectivity index (χ3v) is 4.19. The number of nitrogens with zero attached hydrogens (tertiary/aromatic N) is 1. The topological polar surface area (TPSA) is 33.1 Å². The van der Waals surface area contributed by atoms with Crippen molar-refractivity contribution in [3.63, 3.8) is 0 Å². The molecule has 0 saturated carbocycles. The maximum Gasteiger partial charge on any atom is 0.123 e. The van der Waals surface area contributed by atoms with Crippen LogP contribution in [0.25, 0.3) is 33.6 Å². The van der Waals surface area contributed by atoms with E-state index in [2.05, 4.69) is 18.2 Å². The first-order valence-electron chi connectivity index (χ1n) is 8.22. The molecule has 0 fully saturated rings. The van der Waals surface area contributed by atoms with Gasteiger partial charge in [0.25, 0.3) is 0 Å². The fraction of sp³-hybridized carbons (Fsp3) is 0. The molecule has 3 aromatic carbocycles. The molecule has 0 saturated heterocycles. The van der Waals surface area contributed by atoms with Crippen LogP contribution in [0, 0.1) is 0 Å². The largest absolute Gasteiger partial charge is 0.507 e. The summed E-state index contributed by atoms with van der Waals surface area (Å²) in [6, 6.07) is 31.7. The van der Waals surface area contributed by atoms with Crippen LogP contribution < -0.4 is 0 Å². The average molecular weight is 323 g/mol. The molecule has 1 N–H and O–H groups in total. The average Bonchev–Trinajstić information content (AvgIpc) is 2.69. The van der Waals surface area contributed by atoms with Crippen molar-refractivity contribution < 1.29 is 5.11 Å². The fourth-order valence-electron chi connectivity index (χ4n) is 2.93. The lowest BCUT2D eigenvalue weighted by atomic mass is 10.0. The molecule has 1 heterocycles. The van der Waals surface area contributed by atoms with Gasteiger partial charge in [0.1, 0.15) is 5.75 Å². The fourth-order valence-corrected chi connectivity index (χ4v) is 2.93. The van der Waals surface area contributed by atoms with Gasteiger partial charge < -0.3 is 5.11 Å². The van der Waals surface area contributed by atoms with Crippen LogP contribution >= 0.6 is 0 Å². The molecule has 0 radical (unpaired) electrons. The lowest BCUT2D eigenvalue weighted by Crippen LogP contribution is -1.88. The monoisotopic (exact) mass is 323 g/mol. The molecule has 0 aliphatic heterocycles. The smallest absolute Gasteiger partial charge is 0.123 e. The minimum atomic E-state index is 0.283. The standard InChI is InChI=1S/C23H17NO/c25-23-15-5-4-12-20(23)18-10-6-11-19(16-18)22-14-7-13-21(24-22)17-8-2-1-3-9-17/h1-16,25H. The van der Waals surface area contributed by atoms with Crippen LogP contribution in [0.3, 0.4) is 0 Å². The van der Waals surface area contributed by atoms with Gasteiger partial charge in [0.05, 0.1) is 11.4 Å². The highest BCUT2D eigenvalue weighted by molar-refractivity contribution is 5.75. The molecule has 0 unspecified atom stereocenters. The number of pyridine rings is 1. The second kappa shape index (κ2) is 6.62. The maximum atomic E-state index is 10.1. The molecule has 0 bridgehead atoms. The van der Waals surface area contributed by atoms with Crippen molar-refractivity contribution in [1.82, 2.24) is 4.98 Å². The van der Waals surface area contributed by atoms with E-state index in [4.69, 9.17) is 4.98 Å². The molecule has 0 amide bonds. The van der Waals surface area contributed by atoms with E-state index in [1.807, 2.05) is 72.8 Å². The Kier molecular flexibility index (Phi) is 4.01. The summed E-state index contributed by atoms with van der Waals surface area (Å²) in [4.78, 5) is 4.81. The van der Waals surface area contributed by atoms with Crippen molar-refractivity contribution in [3.8, 4) is 39.4 Å². The molecule has 2 heteroatoms. The number of aromatic nitrogens is 1. The number of hydrogen-bond donors (Lipinski definition) is 1. The molecule has 2 nitrogen and oxygen atoms in total. The van der Waals surface area contributed by atoms with E-state index >= 15 is 0 Å². The predicted molar refractivity (Wildman–Crippen MR) is 102 cm³/mol. The van der Waals surface area contributed by atoms with E-state index in [1.165, 1.54) is 0 Å². The van der Waals surface area contributed by atoms with Gasteiger partial charge in [0.15, 0.2) is 0 Å². The molecule has 4 aromatic rings. The van der Waals surface area contributed by atoms with Gasteiger partial charge in [-0.25, -0.2) is 4.98 Å². The second-order valence-corrected chi connectivity index (χ2v) is 5.87. The molecule has 120 valence electrons. The van der Waals surface area contributed by atoms with Crippen molar-refractivity contribution in [3.05, 3.63) is 97.1 Å². The lowest BCUT2D eigenvalue weighted by Gasteiger charge is -2.08. The molecule has 25 heavy (non-hydrogen) atoms. The van der Waals surface area contributed by atoms with Crippen molar-refractivity contribution >= 4 is 0 Å². The zero-order chi connectivity index (χ0) is 17.1. The number of hydrogen-bond acceptors (Lipinski definition) is 2. The Hall–Kier alpha value is -3.39. The molecule has 0 atom stereocenters. The number of benzene rings is 3. The summed E-state index contributed by atoms with van der Waals surface area (Å²) in [6.45, 7) is 0. The first kappa shape index (κ1) is 15.2. The highest BCUT2D eigenvalue weighted by Crippen LogP contribution is 2.31. The van der Waals surface area contributed by atoms with Crippen molar-refractivity contribution in [1.29, 1.82) is 0 Å². The summed E-state index contributed by atoms with van der Waals surface area (Å²) in [5, 5.41) is 10.1. The SMILES string of the molecule is Oc1ccccc1-c1cccc(-c2cccc(-c3ccccc3)n2)c1. The van der Waals surface area contributed by atoms with Crippen LogP contribution in [0.2, 0.25) is 0 Å². The van der Waals surface area contributed by atoms with E-state index in [-0.39, 0.29) is 5.75 Å². The van der Waals surface area contributed by atoms with E-state index in [0.29, 0.717) is 0 Å². The number of rotatable bonds is 3. The quantitative estimate of drug-likeness (QED) is 0.518. The van der Waals surface area contributed by atoms with Crippen LogP contribution in [0.5, 0.6) is 5.75 Å². The first-order valence-corrected chi connectivity index (χ1v) is 8.22. The molecule has 1 aromatic heterocycles. The zero-order valence-electron chi connectivity index (χ0n) is 13.6. The highest BCUT2D eigenvalue weighted by Gasteiger charge is 2.07. The van der Waals surface area contributed by atoms with E-state index in [1.54, 1.807) is 6.07 Å². The van der Waals surface area contributed by atoms with Crippen LogP contribution in [-0.2, 0) is 0 Å². The Labute approximate surface area is 147 Å². The van der Waals surface area contributed by atoms with Gasteiger partial charge in [-0.3, -0.25) is 0 Å². The maximum absolute atomic E-state index is 10.1. The minimum absolute atomic E-state index is 0.283. The second-order valence-electron chi connectivity index (χ2n) is 5.87. The molecule has 0 aliphatic rings. The minimum Gasteiger partial charge on any atom is -0.507 e. The first-order chi connectivity index (χ1) is 12.3.